The van der Waals surface area contributed by atoms with E-state index in [0.29, 0.717) is 12.8 Å². The summed E-state index contributed by atoms with van der Waals surface area (Å²) in [7, 11) is 0. The van der Waals surface area contributed by atoms with Gasteiger partial charge in [0.2, 0.25) is 0 Å². The second-order valence-electron chi connectivity index (χ2n) is 3.85. The summed E-state index contributed by atoms with van der Waals surface area (Å²) in [6, 6.07) is 9.14. The van der Waals surface area contributed by atoms with Gasteiger partial charge in [0.05, 0.1) is 0 Å². The van der Waals surface area contributed by atoms with E-state index in [9.17, 15) is 9.90 Å². The van der Waals surface area contributed by atoms with Crippen molar-refractivity contribution >= 4 is 11.7 Å². The molecule has 0 fully saturated rings. The number of rotatable bonds is 6. The van der Waals surface area contributed by atoms with Crippen LogP contribution in [0.15, 0.2) is 30.3 Å². The number of aliphatic hydroxyl groups excluding tert-OH is 1. The Morgan fingerprint density at radius 3 is 2.67 bits per heavy atom. The third-order valence-corrected chi connectivity index (χ3v) is 2.41. The Bertz CT molecular complexity index is 439. The van der Waals surface area contributed by atoms with E-state index in [4.69, 9.17) is 10.3 Å². The predicted molar refractivity (Wildman–Crippen MR) is 65.8 cm³/mol. The average Bonchev–Trinajstić information content (AvgIpc) is 2.39. The third kappa shape index (κ3) is 4.13. The van der Waals surface area contributed by atoms with Crippen molar-refractivity contribution in [1.29, 1.82) is 0 Å². The molecule has 0 heterocycles. The van der Waals surface area contributed by atoms with Gasteiger partial charge >= 0.3 is 11.7 Å². The molecule has 1 unspecified atom stereocenters. The Balaban J connectivity index is 2.56. The number of carbonyl (C=O) groups is 1. The van der Waals surface area contributed by atoms with Gasteiger partial charge in [0.1, 0.15) is 6.61 Å². The van der Waals surface area contributed by atoms with Crippen LogP contribution in [0.25, 0.3) is 5.53 Å². The Morgan fingerprint density at radius 2 is 2.11 bits per heavy atom. The van der Waals surface area contributed by atoms with Crippen LogP contribution >= 0.6 is 0 Å². The van der Waals surface area contributed by atoms with Gasteiger partial charge in [0, 0.05) is 0 Å². The molecule has 0 amide bonds. The van der Waals surface area contributed by atoms with Crippen LogP contribution in [0.1, 0.15) is 25.3 Å². The minimum atomic E-state index is -1.09. The van der Waals surface area contributed by atoms with Crippen molar-refractivity contribution in [1.82, 2.24) is 0 Å². The molecule has 0 saturated heterocycles. The molecule has 1 atom stereocenters. The Kier molecular flexibility index (Phi) is 5.77. The highest BCUT2D eigenvalue weighted by Gasteiger charge is 2.30. The van der Waals surface area contributed by atoms with Crippen LogP contribution in [-0.4, -0.2) is 27.7 Å². The van der Waals surface area contributed by atoms with Crippen molar-refractivity contribution in [2.75, 3.05) is 0 Å². The molecule has 0 aliphatic carbocycles. The summed E-state index contributed by atoms with van der Waals surface area (Å²) in [4.78, 5) is 14.4. The van der Waals surface area contributed by atoms with E-state index in [1.807, 2.05) is 37.3 Å². The number of nitrogens with zero attached hydrogens (tertiary/aromatic N) is 2. The van der Waals surface area contributed by atoms with Crippen molar-refractivity contribution in [2.45, 2.75) is 32.5 Å². The van der Waals surface area contributed by atoms with Gasteiger partial charge in [-0.1, -0.05) is 43.7 Å². The molecule has 1 aromatic rings. The third-order valence-electron chi connectivity index (χ3n) is 2.41. The van der Waals surface area contributed by atoms with Crippen LogP contribution in [0.4, 0.5) is 0 Å². The van der Waals surface area contributed by atoms with Crippen LogP contribution < -0.4 is 0 Å². The van der Waals surface area contributed by atoms with E-state index in [0.717, 1.165) is 5.56 Å². The molecule has 5 nitrogen and oxygen atoms in total. The van der Waals surface area contributed by atoms with Crippen molar-refractivity contribution in [2.24, 2.45) is 0 Å². The fraction of sp³-hybridized carbons (Fsp3) is 0.385. The lowest BCUT2D eigenvalue weighted by molar-refractivity contribution is -0.143. The van der Waals surface area contributed by atoms with Crippen molar-refractivity contribution in [3.63, 3.8) is 0 Å². The molecule has 0 aliphatic heterocycles. The summed E-state index contributed by atoms with van der Waals surface area (Å²) in [5.41, 5.74) is 9.19. The summed E-state index contributed by atoms with van der Waals surface area (Å²) in [6.45, 7) is 1.94. The van der Waals surface area contributed by atoms with Gasteiger partial charge < -0.3 is 15.4 Å². The minimum absolute atomic E-state index is 0.0809. The Hall–Kier alpha value is -1.97. The molecular formula is C13H16N2O3. The van der Waals surface area contributed by atoms with E-state index in [2.05, 4.69) is 4.79 Å². The highest BCUT2D eigenvalue weighted by atomic mass is 16.5. The summed E-state index contributed by atoms with van der Waals surface area (Å²) in [5.74, 6) is -0.803. The highest BCUT2D eigenvalue weighted by molar-refractivity contribution is 6.35. The normalized spacial score (nSPS) is 11.4. The summed E-state index contributed by atoms with van der Waals surface area (Å²) >= 11 is 0. The van der Waals surface area contributed by atoms with Gasteiger partial charge in [-0.3, -0.25) is 0 Å². The van der Waals surface area contributed by atoms with Gasteiger partial charge in [0.25, 0.3) is 0 Å². The first kappa shape index (κ1) is 14.1. The van der Waals surface area contributed by atoms with Crippen molar-refractivity contribution < 1.29 is 19.4 Å². The number of benzene rings is 1. The quantitative estimate of drug-likeness (QED) is 0.359. The first-order valence-electron chi connectivity index (χ1n) is 5.80. The molecule has 1 rings (SSSR count). The number of hydrogen-bond acceptors (Lipinski definition) is 3. The van der Waals surface area contributed by atoms with Crippen LogP contribution in [0, 0.1) is 0 Å². The molecular weight excluding hydrogens is 232 g/mol. The van der Waals surface area contributed by atoms with Gasteiger partial charge in [-0.25, -0.2) is 4.79 Å². The lowest BCUT2D eigenvalue weighted by Crippen LogP contribution is -2.31. The molecule has 0 aromatic heterocycles. The highest BCUT2D eigenvalue weighted by Crippen LogP contribution is 2.03. The first-order valence-corrected chi connectivity index (χ1v) is 5.80. The lowest BCUT2D eigenvalue weighted by Gasteiger charge is -2.05. The smallest absolute Gasteiger partial charge is 0.420 e. The van der Waals surface area contributed by atoms with Gasteiger partial charge in [-0.05, 0) is 12.0 Å². The van der Waals surface area contributed by atoms with Crippen LogP contribution in [0.3, 0.4) is 0 Å². The number of ether oxygens (including phenoxy) is 1. The maximum absolute atomic E-state index is 11.6. The Morgan fingerprint density at radius 1 is 1.44 bits per heavy atom. The lowest BCUT2D eigenvalue weighted by atomic mass is 10.1. The topological polar surface area (TPSA) is 82.9 Å². The monoisotopic (exact) mass is 248 g/mol. The van der Waals surface area contributed by atoms with Crippen LogP contribution in [0.5, 0.6) is 0 Å². The molecule has 0 spiro atoms. The second kappa shape index (κ2) is 7.37. The zero-order chi connectivity index (χ0) is 13.4. The fourth-order valence-corrected chi connectivity index (χ4v) is 1.45. The summed E-state index contributed by atoms with van der Waals surface area (Å²) in [5, 5.41) is 9.58. The van der Waals surface area contributed by atoms with E-state index in [1.54, 1.807) is 0 Å². The zero-order valence-corrected chi connectivity index (χ0v) is 10.2. The number of esters is 1. The molecule has 18 heavy (non-hydrogen) atoms. The van der Waals surface area contributed by atoms with Gasteiger partial charge in [-0.15, -0.1) is 0 Å². The molecule has 0 saturated carbocycles. The molecule has 5 heteroatoms. The average molecular weight is 248 g/mol. The first-order chi connectivity index (χ1) is 8.69. The van der Waals surface area contributed by atoms with E-state index >= 15 is 0 Å². The Labute approximate surface area is 106 Å². The van der Waals surface area contributed by atoms with E-state index in [1.165, 1.54) is 0 Å². The van der Waals surface area contributed by atoms with E-state index in [-0.39, 0.29) is 12.3 Å². The number of hydrogen-bond donors (Lipinski definition) is 1. The second-order valence-corrected chi connectivity index (χ2v) is 3.85. The molecule has 1 aromatic carbocycles. The largest absolute Gasteiger partial charge is 0.452 e. The van der Waals surface area contributed by atoms with Crippen LogP contribution in [0.2, 0.25) is 0 Å². The number of carbonyl (C=O) groups excluding carboxylic acids is 1. The van der Waals surface area contributed by atoms with Gasteiger partial charge in [0.15, 0.2) is 6.10 Å². The maximum atomic E-state index is 11.6. The maximum Gasteiger partial charge on any atom is 0.420 e. The molecule has 0 aliphatic rings. The number of aliphatic hydroxyl groups is 1. The summed E-state index contributed by atoms with van der Waals surface area (Å²) in [6.07, 6.45) is -0.0744. The molecule has 1 N–H and O–H groups in total. The standard InChI is InChI=1S/C13H16N2O3/c1-2-6-11(16)12(15-14)13(17)18-9-10-7-4-3-5-8-10/h3-5,7-8,11,16H,2,6,9H2,1H3. The zero-order valence-electron chi connectivity index (χ0n) is 10.2. The van der Waals surface area contributed by atoms with E-state index < -0.39 is 12.1 Å². The summed E-state index contributed by atoms with van der Waals surface area (Å²) < 4.78 is 4.96. The van der Waals surface area contributed by atoms with Crippen molar-refractivity contribution in [3.05, 3.63) is 41.4 Å². The minimum Gasteiger partial charge on any atom is -0.452 e. The molecule has 96 valence electrons. The predicted octanol–water partition coefficient (Wildman–Crippen LogP) is 1.56. The van der Waals surface area contributed by atoms with Crippen LogP contribution in [-0.2, 0) is 16.1 Å². The molecule has 0 bridgehead atoms. The SMILES string of the molecule is CCCC(O)C(=[N+]=[N-])C(=O)OCc1ccccc1. The van der Waals surface area contributed by atoms with Crippen molar-refractivity contribution in [3.8, 4) is 0 Å². The molecule has 0 radical (unpaired) electrons. The van der Waals surface area contributed by atoms with Gasteiger partial charge in [-0.2, -0.15) is 4.79 Å². The fourth-order valence-electron chi connectivity index (χ4n) is 1.45.